The highest BCUT2D eigenvalue weighted by Gasteiger charge is 2.35. The first-order valence-electron chi connectivity index (χ1n) is 7.19. The predicted octanol–water partition coefficient (Wildman–Crippen LogP) is 1.90. The molecule has 0 atom stereocenters. The first-order chi connectivity index (χ1) is 8.28. The Hall–Kier alpha value is -0.120. The van der Waals surface area contributed by atoms with Gasteiger partial charge in [0, 0.05) is 31.7 Å². The Morgan fingerprint density at radius 3 is 2.53 bits per heavy atom. The standard InChI is InChI=1S/C14H27NO2/c1-2-7-15(10-13-3-4-13)11-14(12-16)5-8-17-9-6-14/h13,16H,2-12H2,1H3. The van der Waals surface area contributed by atoms with Gasteiger partial charge in [-0.2, -0.15) is 0 Å². The number of aliphatic hydroxyl groups is 1. The van der Waals surface area contributed by atoms with E-state index in [1.54, 1.807) is 0 Å². The van der Waals surface area contributed by atoms with Gasteiger partial charge in [-0.05, 0) is 44.6 Å². The normalized spacial score (nSPS) is 24.2. The van der Waals surface area contributed by atoms with Crippen LogP contribution in [0.2, 0.25) is 0 Å². The van der Waals surface area contributed by atoms with Crippen molar-refractivity contribution in [3.8, 4) is 0 Å². The average Bonchev–Trinajstić information content (AvgIpc) is 3.14. The molecule has 0 aromatic carbocycles. The van der Waals surface area contributed by atoms with E-state index in [4.69, 9.17) is 4.74 Å². The molecular weight excluding hydrogens is 214 g/mol. The minimum absolute atomic E-state index is 0.113. The van der Waals surface area contributed by atoms with Gasteiger partial charge < -0.3 is 14.7 Å². The number of hydrogen-bond donors (Lipinski definition) is 1. The van der Waals surface area contributed by atoms with Crippen LogP contribution in [0.1, 0.15) is 39.0 Å². The molecule has 0 aromatic heterocycles. The van der Waals surface area contributed by atoms with Crippen molar-refractivity contribution in [3.63, 3.8) is 0 Å². The summed E-state index contributed by atoms with van der Waals surface area (Å²) in [5.41, 5.74) is 0.113. The van der Waals surface area contributed by atoms with Crippen LogP contribution in [-0.4, -0.2) is 49.5 Å². The molecule has 2 fully saturated rings. The molecule has 0 unspecified atom stereocenters. The highest BCUT2D eigenvalue weighted by atomic mass is 16.5. The molecule has 0 amide bonds. The van der Waals surface area contributed by atoms with Gasteiger partial charge >= 0.3 is 0 Å². The fourth-order valence-corrected chi connectivity index (χ4v) is 2.86. The number of hydrogen-bond acceptors (Lipinski definition) is 3. The molecule has 100 valence electrons. The predicted molar refractivity (Wildman–Crippen MR) is 69.0 cm³/mol. The summed E-state index contributed by atoms with van der Waals surface area (Å²) in [5.74, 6) is 0.942. The second kappa shape index (κ2) is 6.17. The summed E-state index contributed by atoms with van der Waals surface area (Å²) >= 11 is 0. The maximum Gasteiger partial charge on any atom is 0.0501 e. The molecule has 3 heteroatoms. The van der Waals surface area contributed by atoms with Crippen molar-refractivity contribution >= 4 is 0 Å². The van der Waals surface area contributed by atoms with Gasteiger partial charge in [0.1, 0.15) is 0 Å². The van der Waals surface area contributed by atoms with Crippen LogP contribution < -0.4 is 0 Å². The maximum absolute atomic E-state index is 9.73. The molecule has 1 N–H and O–H groups in total. The van der Waals surface area contributed by atoms with E-state index in [0.29, 0.717) is 6.61 Å². The average molecular weight is 241 g/mol. The molecule has 2 rings (SSSR count). The zero-order valence-electron chi connectivity index (χ0n) is 11.2. The summed E-state index contributed by atoms with van der Waals surface area (Å²) in [6.45, 7) is 7.71. The van der Waals surface area contributed by atoms with E-state index in [0.717, 1.165) is 38.5 Å². The van der Waals surface area contributed by atoms with E-state index in [1.807, 2.05) is 0 Å². The van der Waals surface area contributed by atoms with Crippen LogP contribution in [0, 0.1) is 11.3 Å². The Morgan fingerprint density at radius 2 is 2.00 bits per heavy atom. The van der Waals surface area contributed by atoms with Gasteiger partial charge in [0.25, 0.3) is 0 Å². The van der Waals surface area contributed by atoms with Crippen molar-refractivity contribution in [1.82, 2.24) is 4.90 Å². The van der Waals surface area contributed by atoms with E-state index in [-0.39, 0.29) is 5.41 Å². The van der Waals surface area contributed by atoms with E-state index in [2.05, 4.69) is 11.8 Å². The van der Waals surface area contributed by atoms with Crippen LogP contribution in [0.25, 0.3) is 0 Å². The Kier molecular flexibility index (Phi) is 4.83. The van der Waals surface area contributed by atoms with Crippen molar-refractivity contribution in [3.05, 3.63) is 0 Å². The van der Waals surface area contributed by atoms with Gasteiger partial charge in [0.2, 0.25) is 0 Å². The summed E-state index contributed by atoms with van der Waals surface area (Å²) in [6, 6.07) is 0. The third-order valence-electron chi connectivity index (χ3n) is 4.20. The fourth-order valence-electron chi connectivity index (χ4n) is 2.86. The Labute approximate surface area is 105 Å². The molecule has 0 aromatic rings. The summed E-state index contributed by atoms with van der Waals surface area (Å²) in [4.78, 5) is 2.58. The quantitative estimate of drug-likeness (QED) is 0.739. The van der Waals surface area contributed by atoms with Crippen LogP contribution in [0.5, 0.6) is 0 Å². The molecule has 1 heterocycles. The second-order valence-corrected chi connectivity index (χ2v) is 5.95. The van der Waals surface area contributed by atoms with E-state index < -0.39 is 0 Å². The van der Waals surface area contributed by atoms with Crippen LogP contribution in [0.3, 0.4) is 0 Å². The van der Waals surface area contributed by atoms with Crippen molar-refractivity contribution < 1.29 is 9.84 Å². The third kappa shape index (κ3) is 3.94. The molecule has 17 heavy (non-hydrogen) atoms. The number of ether oxygens (including phenoxy) is 1. The molecule has 1 aliphatic heterocycles. The summed E-state index contributed by atoms with van der Waals surface area (Å²) in [6.07, 6.45) is 6.08. The molecule has 1 saturated carbocycles. The van der Waals surface area contributed by atoms with Crippen LogP contribution in [-0.2, 0) is 4.74 Å². The topological polar surface area (TPSA) is 32.7 Å². The molecule has 0 spiro atoms. The number of rotatable bonds is 7. The van der Waals surface area contributed by atoms with Crippen LogP contribution in [0.4, 0.5) is 0 Å². The third-order valence-corrected chi connectivity index (χ3v) is 4.20. The number of aliphatic hydroxyl groups excluding tert-OH is 1. The van der Waals surface area contributed by atoms with Gasteiger partial charge in [-0.1, -0.05) is 6.92 Å². The number of nitrogens with zero attached hydrogens (tertiary/aromatic N) is 1. The second-order valence-electron chi connectivity index (χ2n) is 5.95. The van der Waals surface area contributed by atoms with Gasteiger partial charge in [-0.3, -0.25) is 0 Å². The van der Waals surface area contributed by atoms with Crippen molar-refractivity contribution in [1.29, 1.82) is 0 Å². The first kappa shape index (κ1) is 13.3. The van der Waals surface area contributed by atoms with Gasteiger partial charge in [0.05, 0.1) is 6.61 Å². The Morgan fingerprint density at radius 1 is 1.29 bits per heavy atom. The van der Waals surface area contributed by atoms with Crippen molar-refractivity contribution in [2.45, 2.75) is 39.0 Å². The highest BCUT2D eigenvalue weighted by molar-refractivity contribution is 4.86. The zero-order chi connectivity index (χ0) is 12.1. The Balaban J connectivity index is 1.87. The molecular formula is C14H27NO2. The SMILES string of the molecule is CCCN(CC1CC1)CC1(CO)CCOCC1. The van der Waals surface area contributed by atoms with E-state index >= 15 is 0 Å². The van der Waals surface area contributed by atoms with Crippen LogP contribution >= 0.6 is 0 Å². The molecule has 1 saturated heterocycles. The monoisotopic (exact) mass is 241 g/mol. The maximum atomic E-state index is 9.73. The zero-order valence-corrected chi connectivity index (χ0v) is 11.2. The molecule has 0 radical (unpaired) electrons. The van der Waals surface area contributed by atoms with E-state index in [1.165, 1.54) is 32.4 Å². The van der Waals surface area contributed by atoms with Gasteiger partial charge in [0.15, 0.2) is 0 Å². The van der Waals surface area contributed by atoms with Crippen molar-refractivity contribution in [2.75, 3.05) is 39.5 Å². The highest BCUT2D eigenvalue weighted by Crippen LogP contribution is 2.34. The fraction of sp³-hybridized carbons (Fsp3) is 1.00. The van der Waals surface area contributed by atoms with Gasteiger partial charge in [-0.15, -0.1) is 0 Å². The summed E-state index contributed by atoms with van der Waals surface area (Å²) in [7, 11) is 0. The summed E-state index contributed by atoms with van der Waals surface area (Å²) in [5, 5.41) is 9.73. The first-order valence-corrected chi connectivity index (χ1v) is 7.19. The van der Waals surface area contributed by atoms with E-state index in [9.17, 15) is 5.11 Å². The minimum Gasteiger partial charge on any atom is -0.396 e. The largest absolute Gasteiger partial charge is 0.396 e. The lowest BCUT2D eigenvalue weighted by Crippen LogP contribution is -2.44. The van der Waals surface area contributed by atoms with Gasteiger partial charge in [-0.25, -0.2) is 0 Å². The molecule has 2 aliphatic rings. The minimum atomic E-state index is 0.113. The Bertz CT molecular complexity index is 222. The lowest BCUT2D eigenvalue weighted by molar-refractivity contribution is -0.0348. The molecule has 0 bridgehead atoms. The van der Waals surface area contributed by atoms with Crippen LogP contribution in [0.15, 0.2) is 0 Å². The lowest BCUT2D eigenvalue weighted by atomic mass is 9.80. The molecule has 3 nitrogen and oxygen atoms in total. The molecule has 1 aliphatic carbocycles. The summed E-state index contributed by atoms with van der Waals surface area (Å²) < 4.78 is 5.43. The lowest BCUT2D eigenvalue weighted by Gasteiger charge is -2.39. The van der Waals surface area contributed by atoms with Crippen molar-refractivity contribution in [2.24, 2.45) is 11.3 Å². The smallest absolute Gasteiger partial charge is 0.0501 e.